The molecule has 2 nitrogen and oxygen atoms in total. The highest BCUT2D eigenvalue weighted by atomic mass is 32.1. The van der Waals surface area contributed by atoms with Crippen molar-refractivity contribution in [2.45, 2.75) is 38.0 Å². The summed E-state index contributed by atoms with van der Waals surface area (Å²) in [6.07, 6.45) is 1.47. The Kier molecular flexibility index (Phi) is 3.71. The Balaban J connectivity index is 2.18. The number of thiol groups is 1. The van der Waals surface area contributed by atoms with E-state index in [0.717, 1.165) is 5.39 Å². The molecule has 0 saturated heterocycles. The molecule has 1 aromatic carbocycles. The van der Waals surface area contributed by atoms with Crippen molar-refractivity contribution < 1.29 is 13.5 Å². The summed E-state index contributed by atoms with van der Waals surface area (Å²) in [6, 6.07) is 4.94. The molecule has 2 aromatic rings. The maximum atomic E-state index is 13.7. The summed E-state index contributed by atoms with van der Waals surface area (Å²) in [5.74, 6) is -0.389. The molecule has 0 aliphatic rings. The number of fused-ring (bicyclic) bond motifs is 1. The molecule has 0 unspecified atom stereocenters. The lowest BCUT2D eigenvalue weighted by Gasteiger charge is -2.38. The fourth-order valence-electron chi connectivity index (χ4n) is 1.49. The summed E-state index contributed by atoms with van der Waals surface area (Å²) in [5.41, 5.74) is 0.459. The van der Waals surface area contributed by atoms with Gasteiger partial charge in [-0.15, -0.1) is 0 Å². The van der Waals surface area contributed by atoms with Crippen LogP contribution in [0.5, 0.6) is 0 Å². The van der Waals surface area contributed by atoms with E-state index in [2.05, 4.69) is 12.6 Å². The van der Waals surface area contributed by atoms with Crippen LogP contribution in [0.15, 0.2) is 28.9 Å². The summed E-state index contributed by atoms with van der Waals surface area (Å²) < 4.78 is 24.3. The summed E-state index contributed by atoms with van der Waals surface area (Å²) in [5, 5.41) is 0.720. The summed E-state index contributed by atoms with van der Waals surface area (Å²) >= 11 is 4.52. The maximum Gasteiger partial charge on any atom is 0.330 e. The molecule has 0 aliphatic heterocycles. The molecule has 0 N–H and O–H groups in total. The molecule has 5 heteroatoms. The van der Waals surface area contributed by atoms with Crippen molar-refractivity contribution in [3.05, 3.63) is 30.3 Å². The van der Waals surface area contributed by atoms with Gasteiger partial charge in [0.15, 0.2) is 11.4 Å². The lowest BCUT2D eigenvalue weighted by Crippen LogP contribution is -2.45. The van der Waals surface area contributed by atoms with Crippen molar-refractivity contribution in [3.63, 3.8) is 0 Å². The molecule has 0 spiro atoms. The van der Waals surface area contributed by atoms with Crippen LogP contribution in [0.4, 0.5) is 4.39 Å². The van der Waals surface area contributed by atoms with Crippen molar-refractivity contribution in [1.82, 2.24) is 0 Å². The van der Waals surface area contributed by atoms with Crippen molar-refractivity contribution >= 4 is 36.5 Å². The molecule has 0 amide bonds. The van der Waals surface area contributed by atoms with Crippen LogP contribution < -0.4 is 5.46 Å². The Morgan fingerprint density at radius 3 is 2.58 bits per heavy atom. The predicted molar refractivity (Wildman–Crippen MR) is 79.8 cm³/mol. The van der Waals surface area contributed by atoms with Gasteiger partial charge in [0, 0.05) is 10.1 Å². The Bertz CT molecular complexity index is 587. The third-order valence-electron chi connectivity index (χ3n) is 3.49. The number of benzene rings is 1. The SMILES string of the molecule is CC(C)(S)C(C)(C)O[B]c1cc(F)c2occc2c1. The fraction of sp³-hybridized carbons (Fsp3) is 0.429. The van der Waals surface area contributed by atoms with Crippen LogP contribution in [0.25, 0.3) is 11.0 Å². The first-order chi connectivity index (χ1) is 8.71. The molecular weight excluding hydrogens is 262 g/mol. The van der Waals surface area contributed by atoms with Crippen molar-refractivity contribution in [2.75, 3.05) is 0 Å². The summed E-state index contributed by atoms with van der Waals surface area (Å²) in [6.45, 7) is 7.85. The van der Waals surface area contributed by atoms with Crippen LogP contribution in [0.1, 0.15) is 27.7 Å². The van der Waals surface area contributed by atoms with Crippen LogP contribution in [0, 0.1) is 5.82 Å². The highest BCUT2D eigenvalue weighted by Crippen LogP contribution is 2.30. The van der Waals surface area contributed by atoms with E-state index in [-0.39, 0.29) is 16.1 Å². The van der Waals surface area contributed by atoms with Crippen LogP contribution >= 0.6 is 12.6 Å². The standard InChI is InChI=1S/C14H17BFO2S/c1-13(2,14(3,4)19)18-15-10-7-9-5-6-17-12(9)11(16)8-10/h5-8,19H,1-4H3. The zero-order valence-electron chi connectivity index (χ0n) is 11.5. The fourth-order valence-corrected chi connectivity index (χ4v) is 1.54. The predicted octanol–water partition coefficient (Wildman–Crippen LogP) is 3.32. The second-order valence-electron chi connectivity index (χ2n) is 5.65. The second kappa shape index (κ2) is 4.87. The number of rotatable bonds is 4. The van der Waals surface area contributed by atoms with Crippen LogP contribution in [0.2, 0.25) is 0 Å². The minimum Gasteiger partial charge on any atom is -0.461 e. The highest BCUT2D eigenvalue weighted by Gasteiger charge is 2.34. The molecule has 0 atom stereocenters. The van der Waals surface area contributed by atoms with Gasteiger partial charge in [0.25, 0.3) is 0 Å². The molecule has 1 heterocycles. The van der Waals surface area contributed by atoms with Crippen molar-refractivity contribution in [2.24, 2.45) is 0 Å². The Morgan fingerprint density at radius 2 is 1.95 bits per heavy atom. The highest BCUT2D eigenvalue weighted by molar-refractivity contribution is 7.81. The van der Waals surface area contributed by atoms with Gasteiger partial charge >= 0.3 is 7.48 Å². The lowest BCUT2D eigenvalue weighted by atomic mass is 9.83. The van der Waals surface area contributed by atoms with E-state index in [1.165, 1.54) is 12.3 Å². The number of halogens is 1. The topological polar surface area (TPSA) is 22.4 Å². The molecule has 0 aliphatic carbocycles. The van der Waals surface area contributed by atoms with Gasteiger partial charge in [0.05, 0.1) is 11.9 Å². The molecule has 0 bridgehead atoms. The largest absolute Gasteiger partial charge is 0.461 e. The van der Waals surface area contributed by atoms with Crippen molar-refractivity contribution in [3.8, 4) is 0 Å². The minimum absolute atomic E-state index is 0.269. The van der Waals surface area contributed by atoms with E-state index in [1.54, 1.807) is 13.5 Å². The van der Waals surface area contributed by atoms with E-state index in [4.69, 9.17) is 9.07 Å². The smallest absolute Gasteiger partial charge is 0.330 e. The van der Waals surface area contributed by atoms with Crippen LogP contribution in [-0.2, 0) is 4.65 Å². The first-order valence-electron chi connectivity index (χ1n) is 6.11. The molecule has 2 rings (SSSR count). The molecule has 0 saturated carbocycles. The Morgan fingerprint density at radius 1 is 1.26 bits per heavy atom. The van der Waals surface area contributed by atoms with Gasteiger partial charge in [-0.2, -0.15) is 12.6 Å². The van der Waals surface area contributed by atoms with E-state index >= 15 is 0 Å². The average Bonchev–Trinajstić information content (AvgIpc) is 2.73. The van der Waals surface area contributed by atoms with E-state index in [1.807, 2.05) is 33.8 Å². The van der Waals surface area contributed by atoms with E-state index < -0.39 is 5.60 Å². The molecule has 1 aromatic heterocycles. The molecular formula is C14H17BFO2S. The molecule has 1 radical (unpaired) electrons. The zero-order valence-corrected chi connectivity index (χ0v) is 12.4. The van der Waals surface area contributed by atoms with Gasteiger partial charge < -0.3 is 9.07 Å². The van der Waals surface area contributed by atoms with Crippen LogP contribution in [-0.4, -0.2) is 17.8 Å². The van der Waals surface area contributed by atoms with E-state index in [9.17, 15) is 4.39 Å². The molecule has 19 heavy (non-hydrogen) atoms. The van der Waals surface area contributed by atoms with E-state index in [0.29, 0.717) is 5.46 Å². The summed E-state index contributed by atoms with van der Waals surface area (Å²) in [4.78, 5) is 0. The van der Waals surface area contributed by atoms with Gasteiger partial charge in [-0.05, 0) is 45.3 Å². The van der Waals surface area contributed by atoms with Gasteiger partial charge in [0.1, 0.15) is 0 Å². The second-order valence-corrected chi connectivity index (χ2v) is 6.76. The Labute approximate surface area is 119 Å². The zero-order chi connectivity index (χ0) is 14.3. The number of hydrogen-bond acceptors (Lipinski definition) is 3. The normalized spacial score (nSPS) is 12.9. The third-order valence-corrected chi connectivity index (χ3v) is 4.03. The first-order valence-corrected chi connectivity index (χ1v) is 6.55. The van der Waals surface area contributed by atoms with Gasteiger partial charge in [0.2, 0.25) is 0 Å². The maximum absolute atomic E-state index is 13.7. The van der Waals surface area contributed by atoms with Gasteiger partial charge in [-0.3, -0.25) is 0 Å². The van der Waals surface area contributed by atoms with Crippen LogP contribution in [0.3, 0.4) is 0 Å². The van der Waals surface area contributed by atoms with Gasteiger partial charge in [-0.1, -0.05) is 6.07 Å². The molecule has 101 valence electrons. The monoisotopic (exact) mass is 279 g/mol. The van der Waals surface area contributed by atoms with Gasteiger partial charge in [-0.25, -0.2) is 4.39 Å². The summed E-state index contributed by atoms with van der Waals surface area (Å²) in [7, 11) is 1.56. The average molecular weight is 279 g/mol. The number of hydrogen-bond donors (Lipinski definition) is 1. The quantitative estimate of drug-likeness (QED) is 0.685. The molecule has 0 fully saturated rings. The van der Waals surface area contributed by atoms with Crippen molar-refractivity contribution in [1.29, 1.82) is 0 Å². The minimum atomic E-state index is -0.474. The third kappa shape index (κ3) is 2.98. The number of furan rings is 1. The first kappa shape index (κ1) is 14.5. The lowest BCUT2D eigenvalue weighted by molar-refractivity contribution is 0.0854. The Hall–Kier alpha value is -0.935.